The van der Waals surface area contributed by atoms with Crippen molar-refractivity contribution in [3.63, 3.8) is 0 Å². The minimum Gasteiger partial charge on any atom is -0.483 e. The first-order chi connectivity index (χ1) is 14.1. The van der Waals surface area contributed by atoms with Crippen molar-refractivity contribution in [1.82, 2.24) is 19.8 Å². The fraction of sp³-hybridized carbons (Fsp3) is 0.286. The summed E-state index contributed by atoms with van der Waals surface area (Å²) in [5.41, 5.74) is 2.78. The van der Waals surface area contributed by atoms with Crippen LogP contribution in [0.5, 0.6) is 5.75 Å². The van der Waals surface area contributed by atoms with E-state index >= 15 is 0 Å². The van der Waals surface area contributed by atoms with Gasteiger partial charge in [0.25, 0.3) is 5.91 Å². The zero-order valence-corrected chi connectivity index (χ0v) is 16.6. The second-order valence-electron chi connectivity index (χ2n) is 6.88. The standard InChI is InChI=1S/C21H21ClN4O3/c22-16-5-6-19-15(11-16)12-25(21(28)13-29-19)10-8-23-20(27)7-9-26-14-24-17-3-1-2-4-18(17)26/h1-6,11,14H,7-10,12-13H2,(H,23,27). The average molecular weight is 413 g/mol. The number of halogens is 1. The van der Waals surface area contributed by atoms with Crippen LogP contribution in [0.4, 0.5) is 0 Å². The summed E-state index contributed by atoms with van der Waals surface area (Å²) in [6.07, 6.45) is 2.09. The lowest BCUT2D eigenvalue weighted by Crippen LogP contribution is -2.39. The van der Waals surface area contributed by atoms with Gasteiger partial charge in [-0.1, -0.05) is 23.7 Å². The molecule has 0 saturated heterocycles. The number of nitrogens with zero attached hydrogens (tertiary/aromatic N) is 3. The number of carbonyl (C=O) groups excluding carboxylic acids is 2. The predicted molar refractivity (Wildman–Crippen MR) is 110 cm³/mol. The molecule has 29 heavy (non-hydrogen) atoms. The van der Waals surface area contributed by atoms with E-state index in [1.54, 1.807) is 29.4 Å². The largest absolute Gasteiger partial charge is 0.483 e. The average Bonchev–Trinajstić information content (AvgIpc) is 3.06. The number of rotatable bonds is 6. The molecule has 0 fully saturated rings. The summed E-state index contributed by atoms with van der Waals surface area (Å²) in [5, 5.41) is 3.48. The van der Waals surface area contributed by atoms with E-state index in [1.807, 2.05) is 28.8 Å². The van der Waals surface area contributed by atoms with Crippen LogP contribution in [0.15, 0.2) is 48.8 Å². The smallest absolute Gasteiger partial charge is 0.260 e. The minimum absolute atomic E-state index is 0.0176. The van der Waals surface area contributed by atoms with Crippen LogP contribution in [0.25, 0.3) is 11.0 Å². The van der Waals surface area contributed by atoms with E-state index in [9.17, 15) is 9.59 Å². The summed E-state index contributed by atoms with van der Waals surface area (Å²) in [6, 6.07) is 13.1. The van der Waals surface area contributed by atoms with E-state index < -0.39 is 0 Å². The van der Waals surface area contributed by atoms with Crippen LogP contribution in [0, 0.1) is 0 Å². The number of imidazole rings is 1. The van der Waals surface area contributed by atoms with Gasteiger partial charge in [0.15, 0.2) is 6.61 Å². The molecule has 7 nitrogen and oxygen atoms in total. The van der Waals surface area contributed by atoms with Crippen LogP contribution in [-0.4, -0.2) is 46.0 Å². The third-order valence-corrected chi connectivity index (χ3v) is 5.13. The number of hydrogen-bond donors (Lipinski definition) is 1. The summed E-state index contributed by atoms with van der Waals surface area (Å²) in [5.74, 6) is 0.489. The molecule has 2 aromatic carbocycles. The van der Waals surface area contributed by atoms with E-state index in [-0.39, 0.29) is 18.4 Å². The molecule has 8 heteroatoms. The van der Waals surface area contributed by atoms with Crippen molar-refractivity contribution in [1.29, 1.82) is 0 Å². The first-order valence-corrected chi connectivity index (χ1v) is 9.83. The van der Waals surface area contributed by atoms with Crippen LogP contribution in [0.2, 0.25) is 5.02 Å². The lowest BCUT2D eigenvalue weighted by molar-refractivity contribution is -0.133. The lowest BCUT2D eigenvalue weighted by Gasteiger charge is -2.20. The Hall–Kier alpha value is -3.06. The van der Waals surface area contributed by atoms with Gasteiger partial charge >= 0.3 is 0 Å². The highest BCUT2D eigenvalue weighted by atomic mass is 35.5. The molecule has 0 aliphatic carbocycles. The zero-order valence-electron chi connectivity index (χ0n) is 15.8. The zero-order chi connectivity index (χ0) is 20.2. The Labute approximate surface area is 173 Å². The van der Waals surface area contributed by atoms with E-state index in [0.29, 0.717) is 43.4 Å². The van der Waals surface area contributed by atoms with Crippen molar-refractivity contribution in [2.24, 2.45) is 0 Å². The van der Waals surface area contributed by atoms with E-state index in [2.05, 4.69) is 10.3 Å². The summed E-state index contributed by atoms with van der Waals surface area (Å²) in [4.78, 5) is 30.5. The second-order valence-corrected chi connectivity index (χ2v) is 7.32. The van der Waals surface area contributed by atoms with Crippen molar-refractivity contribution < 1.29 is 14.3 Å². The number of para-hydroxylation sites is 2. The number of ether oxygens (including phenoxy) is 1. The Morgan fingerprint density at radius 3 is 2.97 bits per heavy atom. The number of carbonyl (C=O) groups is 2. The van der Waals surface area contributed by atoms with Crippen LogP contribution in [0.1, 0.15) is 12.0 Å². The van der Waals surface area contributed by atoms with Gasteiger partial charge in [-0.3, -0.25) is 9.59 Å². The molecule has 0 radical (unpaired) electrons. The summed E-state index contributed by atoms with van der Waals surface area (Å²) in [6.45, 7) is 1.73. The lowest BCUT2D eigenvalue weighted by atomic mass is 10.2. The molecule has 3 aromatic rings. The molecule has 0 unspecified atom stereocenters. The Bertz CT molecular complexity index is 1050. The Morgan fingerprint density at radius 2 is 2.07 bits per heavy atom. The van der Waals surface area contributed by atoms with Crippen LogP contribution in [-0.2, 0) is 22.7 Å². The maximum Gasteiger partial charge on any atom is 0.260 e. The number of aryl methyl sites for hydroxylation is 1. The molecule has 4 rings (SSSR count). The highest BCUT2D eigenvalue weighted by molar-refractivity contribution is 6.30. The van der Waals surface area contributed by atoms with Crippen molar-refractivity contribution in [3.05, 3.63) is 59.4 Å². The number of hydrogen-bond acceptors (Lipinski definition) is 4. The number of nitrogens with one attached hydrogen (secondary N) is 1. The van der Waals surface area contributed by atoms with Crippen molar-refractivity contribution in [2.45, 2.75) is 19.5 Å². The fourth-order valence-corrected chi connectivity index (χ4v) is 3.56. The molecule has 0 bridgehead atoms. The van der Waals surface area contributed by atoms with Crippen LogP contribution in [0.3, 0.4) is 0 Å². The molecular formula is C21H21ClN4O3. The van der Waals surface area contributed by atoms with Crippen LogP contribution >= 0.6 is 11.6 Å². The van der Waals surface area contributed by atoms with E-state index in [1.165, 1.54) is 0 Å². The summed E-state index contributed by atoms with van der Waals surface area (Å²) in [7, 11) is 0. The van der Waals surface area contributed by atoms with Gasteiger partial charge in [-0.05, 0) is 30.3 Å². The number of benzene rings is 2. The molecule has 1 aromatic heterocycles. The third-order valence-electron chi connectivity index (χ3n) is 4.90. The number of amides is 2. The topological polar surface area (TPSA) is 76.5 Å². The Balaban J connectivity index is 1.28. The molecule has 0 spiro atoms. The minimum atomic E-state index is -0.114. The molecule has 2 heterocycles. The van der Waals surface area contributed by atoms with Gasteiger partial charge in [-0.15, -0.1) is 0 Å². The van der Waals surface area contributed by atoms with Crippen molar-refractivity contribution >= 4 is 34.4 Å². The number of fused-ring (bicyclic) bond motifs is 2. The monoisotopic (exact) mass is 412 g/mol. The maximum atomic E-state index is 12.3. The second kappa shape index (κ2) is 8.53. The Kier molecular flexibility index (Phi) is 5.67. The molecule has 1 aliphatic rings. The first-order valence-electron chi connectivity index (χ1n) is 9.46. The van der Waals surface area contributed by atoms with Gasteiger partial charge in [-0.2, -0.15) is 0 Å². The molecule has 0 atom stereocenters. The molecule has 2 amide bonds. The van der Waals surface area contributed by atoms with Gasteiger partial charge < -0.3 is 19.5 Å². The van der Waals surface area contributed by atoms with Gasteiger partial charge in [-0.25, -0.2) is 4.98 Å². The van der Waals surface area contributed by atoms with Crippen molar-refractivity contribution in [3.8, 4) is 5.75 Å². The Morgan fingerprint density at radius 1 is 1.21 bits per heavy atom. The predicted octanol–water partition coefficient (Wildman–Crippen LogP) is 2.62. The van der Waals surface area contributed by atoms with Gasteiger partial charge in [0.2, 0.25) is 5.91 Å². The normalized spacial score (nSPS) is 13.7. The fourth-order valence-electron chi connectivity index (χ4n) is 3.37. The molecule has 0 saturated carbocycles. The van der Waals surface area contributed by atoms with Gasteiger partial charge in [0, 0.05) is 43.2 Å². The first kappa shape index (κ1) is 19.3. The third kappa shape index (κ3) is 4.51. The molecule has 1 N–H and O–H groups in total. The summed E-state index contributed by atoms with van der Waals surface area (Å²) < 4.78 is 7.51. The van der Waals surface area contributed by atoms with Gasteiger partial charge in [0.05, 0.1) is 17.4 Å². The quantitative estimate of drug-likeness (QED) is 0.675. The maximum absolute atomic E-state index is 12.3. The molecule has 1 aliphatic heterocycles. The van der Waals surface area contributed by atoms with E-state index in [0.717, 1.165) is 16.6 Å². The van der Waals surface area contributed by atoms with Gasteiger partial charge in [0.1, 0.15) is 5.75 Å². The van der Waals surface area contributed by atoms with E-state index in [4.69, 9.17) is 16.3 Å². The number of aromatic nitrogens is 2. The highest BCUT2D eigenvalue weighted by Gasteiger charge is 2.21. The van der Waals surface area contributed by atoms with Crippen LogP contribution < -0.4 is 10.1 Å². The molecular weight excluding hydrogens is 392 g/mol. The van der Waals surface area contributed by atoms with Crippen molar-refractivity contribution in [2.75, 3.05) is 19.7 Å². The summed E-state index contributed by atoms with van der Waals surface area (Å²) >= 11 is 6.05. The molecule has 150 valence electrons. The highest BCUT2D eigenvalue weighted by Crippen LogP contribution is 2.26. The SMILES string of the molecule is O=C(CCn1cnc2ccccc21)NCCN1Cc2cc(Cl)ccc2OCC1=O.